The molecular formula is C17H18O6S. The molecule has 3 atom stereocenters. The predicted octanol–water partition coefficient (Wildman–Crippen LogP) is 2.70. The van der Waals surface area contributed by atoms with Gasteiger partial charge < -0.3 is 18.6 Å². The summed E-state index contributed by atoms with van der Waals surface area (Å²) in [6, 6.07) is 11.3. The van der Waals surface area contributed by atoms with Crippen molar-refractivity contribution in [1.29, 1.82) is 0 Å². The molecule has 0 aliphatic carbocycles. The van der Waals surface area contributed by atoms with Gasteiger partial charge in [0.15, 0.2) is 5.79 Å². The van der Waals surface area contributed by atoms with Crippen LogP contribution in [0.5, 0.6) is 0 Å². The van der Waals surface area contributed by atoms with Crippen LogP contribution in [-0.2, 0) is 24.0 Å². The molecular weight excluding hydrogens is 332 g/mol. The highest BCUT2D eigenvalue weighted by Crippen LogP contribution is 2.45. The maximum Gasteiger partial charge on any atom is 0.239 e. The Morgan fingerprint density at radius 2 is 1.83 bits per heavy atom. The quantitative estimate of drug-likeness (QED) is 0.789. The van der Waals surface area contributed by atoms with Crippen LogP contribution >= 0.6 is 0 Å². The highest BCUT2D eigenvalue weighted by atomic mass is 32.2. The third kappa shape index (κ3) is 2.77. The lowest BCUT2D eigenvalue weighted by molar-refractivity contribution is -0.140. The Morgan fingerprint density at radius 3 is 2.50 bits per heavy atom. The van der Waals surface area contributed by atoms with E-state index in [1.807, 2.05) is 13.8 Å². The van der Waals surface area contributed by atoms with E-state index in [1.165, 1.54) is 6.07 Å². The minimum atomic E-state index is -3.66. The Kier molecular flexibility index (Phi) is 3.58. The molecule has 0 saturated carbocycles. The largest absolute Gasteiger partial charge is 0.446 e. The van der Waals surface area contributed by atoms with Crippen LogP contribution in [-0.4, -0.2) is 33.0 Å². The molecule has 0 radical (unpaired) electrons. The molecule has 0 bridgehead atoms. The average Bonchev–Trinajstić information content (AvgIpc) is 3.02. The van der Waals surface area contributed by atoms with E-state index in [0.717, 1.165) is 0 Å². The average molecular weight is 350 g/mol. The topological polar surface area (TPSA) is 78.3 Å². The summed E-state index contributed by atoms with van der Waals surface area (Å²) in [6.45, 7) is 4.15. The molecule has 2 aliphatic rings. The molecule has 2 aliphatic heterocycles. The van der Waals surface area contributed by atoms with Crippen LogP contribution in [0.2, 0.25) is 0 Å². The summed E-state index contributed by atoms with van der Waals surface area (Å²) < 4.78 is 47.5. The molecule has 3 heterocycles. The van der Waals surface area contributed by atoms with Crippen LogP contribution in [0, 0.1) is 0 Å². The maximum atomic E-state index is 12.5. The van der Waals surface area contributed by atoms with Crippen molar-refractivity contribution in [2.45, 2.75) is 47.9 Å². The van der Waals surface area contributed by atoms with E-state index in [0.29, 0.717) is 12.4 Å². The third-order valence-electron chi connectivity index (χ3n) is 4.12. The fourth-order valence-electron chi connectivity index (χ4n) is 2.86. The van der Waals surface area contributed by atoms with Gasteiger partial charge in [0.25, 0.3) is 0 Å². The smallest absolute Gasteiger partial charge is 0.239 e. The molecule has 4 rings (SSSR count). The van der Waals surface area contributed by atoms with Gasteiger partial charge in [-0.2, -0.15) is 0 Å². The monoisotopic (exact) mass is 350 g/mol. The zero-order chi connectivity index (χ0) is 16.9. The van der Waals surface area contributed by atoms with E-state index in [9.17, 15) is 8.42 Å². The van der Waals surface area contributed by atoms with Gasteiger partial charge in [0.2, 0.25) is 14.9 Å². The lowest BCUT2D eigenvalue weighted by Crippen LogP contribution is -2.24. The summed E-state index contributed by atoms with van der Waals surface area (Å²) >= 11 is 0. The van der Waals surface area contributed by atoms with Gasteiger partial charge in [-0.3, -0.25) is 0 Å². The number of rotatable bonds is 4. The minimum Gasteiger partial charge on any atom is -0.446 e. The minimum absolute atomic E-state index is 0.0816. The van der Waals surface area contributed by atoms with E-state index in [1.54, 1.807) is 36.4 Å². The Hall–Kier alpha value is -1.67. The number of furan rings is 1. The first-order chi connectivity index (χ1) is 11.4. The van der Waals surface area contributed by atoms with E-state index in [2.05, 4.69) is 0 Å². The molecule has 0 unspecified atom stereocenters. The Balaban J connectivity index is 1.51. The van der Waals surface area contributed by atoms with Crippen LogP contribution in [0.4, 0.5) is 0 Å². The maximum absolute atomic E-state index is 12.5. The molecule has 1 aromatic carbocycles. The van der Waals surface area contributed by atoms with Crippen molar-refractivity contribution in [3.63, 3.8) is 0 Å². The van der Waals surface area contributed by atoms with E-state index >= 15 is 0 Å². The first-order valence-electron chi connectivity index (χ1n) is 7.74. The lowest BCUT2D eigenvalue weighted by Gasteiger charge is -2.16. The normalized spacial score (nSPS) is 28.8. The van der Waals surface area contributed by atoms with Crippen molar-refractivity contribution < 1.29 is 27.0 Å². The Bertz CT molecular complexity index is 839. The van der Waals surface area contributed by atoms with Crippen LogP contribution in [0.15, 0.2) is 56.9 Å². The van der Waals surface area contributed by atoms with E-state index < -0.39 is 15.6 Å². The van der Waals surface area contributed by atoms with Crippen LogP contribution in [0.1, 0.15) is 25.7 Å². The third-order valence-corrected chi connectivity index (χ3v) is 5.77. The van der Waals surface area contributed by atoms with Crippen LogP contribution < -0.4 is 0 Å². The lowest BCUT2D eigenvalue weighted by atomic mass is 10.2. The second-order valence-electron chi connectivity index (χ2n) is 6.36. The van der Waals surface area contributed by atoms with Gasteiger partial charge >= 0.3 is 0 Å². The summed E-state index contributed by atoms with van der Waals surface area (Å²) in [5.74, 6) is -0.130. The highest BCUT2D eigenvalue weighted by molar-refractivity contribution is 7.91. The van der Waals surface area contributed by atoms with Crippen molar-refractivity contribution in [3.05, 3.63) is 48.2 Å². The van der Waals surface area contributed by atoms with Crippen molar-refractivity contribution in [3.8, 4) is 0 Å². The van der Waals surface area contributed by atoms with E-state index in [4.69, 9.17) is 18.6 Å². The van der Waals surface area contributed by atoms with E-state index in [-0.39, 0.29) is 28.3 Å². The summed E-state index contributed by atoms with van der Waals surface area (Å²) in [5.41, 5.74) is 0. The SMILES string of the molecule is CC1(C)OC[C@H]([C@@H]2O[C@@H]2c2ccc(S(=O)(=O)c3ccccc3)o2)O1. The highest BCUT2D eigenvalue weighted by Gasteiger charge is 2.53. The van der Waals surface area contributed by atoms with Gasteiger partial charge in [-0.05, 0) is 38.1 Å². The molecule has 2 fully saturated rings. The zero-order valence-corrected chi connectivity index (χ0v) is 14.2. The Labute approximate surface area is 140 Å². The second-order valence-corrected chi connectivity index (χ2v) is 8.24. The van der Waals surface area contributed by atoms with Crippen molar-refractivity contribution >= 4 is 9.84 Å². The molecule has 7 heteroatoms. The number of hydrogen-bond acceptors (Lipinski definition) is 6. The molecule has 128 valence electrons. The fraction of sp³-hybridized carbons (Fsp3) is 0.412. The standard InChI is InChI=1S/C17H18O6S/c1-17(2)20-10-13(23-17)16-15(22-16)12-8-9-14(21-12)24(18,19)11-6-4-3-5-7-11/h3-9,13,15-16H,10H2,1-2H3/t13-,15-,16+/m1/s1. The van der Waals surface area contributed by atoms with Crippen LogP contribution in [0.25, 0.3) is 0 Å². The molecule has 0 amide bonds. The van der Waals surface area contributed by atoms with Crippen molar-refractivity contribution in [2.75, 3.05) is 6.61 Å². The molecule has 0 N–H and O–H groups in total. The molecule has 0 spiro atoms. The van der Waals surface area contributed by atoms with Gasteiger partial charge in [0.05, 0.1) is 11.5 Å². The molecule has 2 saturated heterocycles. The molecule has 24 heavy (non-hydrogen) atoms. The summed E-state index contributed by atoms with van der Waals surface area (Å²) in [7, 11) is -3.66. The fourth-order valence-corrected chi connectivity index (χ4v) is 4.06. The Morgan fingerprint density at radius 1 is 1.08 bits per heavy atom. The number of epoxide rings is 1. The predicted molar refractivity (Wildman–Crippen MR) is 83.1 cm³/mol. The molecule has 6 nitrogen and oxygen atoms in total. The zero-order valence-electron chi connectivity index (χ0n) is 13.3. The van der Waals surface area contributed by atoms with Gasteiger partial charge in [0.1, 0.15) is 24.1 Å². The summed E-state index contributed by atoms with van der Waals surface area (Å²) in [6.07, 6.45) is -0.651. The number of ether oxygens (including phenoxy) is 3. The van der Waals surface area contributed by atoms with Gasteiger partial charge in [-0.15, -0.1) is 0 Å². The molecule has 1 aromatic heterocycles. The van der Waals surface area contributed by atoms with Crippen molar-refractivity contribution in [2.24, 2.45) is 0 Å². The number of benzene rings is 1. The van der Waals surface area contributed by atoms with Crippen molar-refractivity contribution in [1.82, 2.24) is 0 Å². The second kappa shape index (κ2) is 5.42. The van der Waals surface area contributed by atoms with Gasteiger partial charge in [0, 0.05) is 0 Å². The summed E-state index contributed by atoms with van der Waals surface area (Å²) in [5, 5.41) is -0.0816. The van der Waals surface area contributed by atoms with Crippen LogP contribution in [0.3, 0.4) is 0 Å². The first-order valence-corrected chi connectivity index (χ1v) is 9.22. The molecule has 2 aromatic rings. The number of hydrogen-bond donors (Lipinski definition) is 0. The van der Waals surface area contributed by atoms with Gasteiger partial charge in [-0.25, -0.2) is 8.42 Å². The summed E-state index contributed by atoms with van der Waals surface area (Å²) in [4.78, 5) is 0.202. The van der Waals surface area contributed by atoms with Gasteiger partial charge in [-0.1, -0.05) is 18.2 Å². The number of sulfone groups is 1. The first kappa shape index (κ1) is 15.8.